The van der Waals surface area contributed by atoms with Crippen LogP contribution in [0.4, 0.5) is 4.79 Å². The molecular formula is C23H31N3O4. The van der Waals surface area contributed by atoms with E-state index in [1.807, 2.05) is 0 Å². The number of rotatable bonds is 7. The van der Waals surface area contributed by atoms with Gasteiger partial charge in [0.25, 0.3) is 5.91 Å². The Morgan fingerprint density at radius 3 is 2.67 bits per heavy atom. The Hall–Kier alpha value is -2.43. The molecule has 30 heavy (non-hydrogen) atoms. The highest BCUT2D eigenvalue weighted by Gasteiger charge is 2.67. The summed E-state index contributed by atoms with van der Waals surface area (Å²) in [5.41, 5.74) is -0.139. The molecule has 7 heteroatoms. The van der Waals surface area contributed by atoms with Gasteiger partial charge < -0.3 is 14.8 Å². The maximum Gasteiger partial charge on any atom is 0.325 e. The highest BCUT2D eigenvalue weighted by atomic mass is 16.5. The van der Waals surface area contributed by atoms with E-state index in [0.717, 1.165) is 37.7 Å². The summed E-state index contributed by atoms with van der Waals surface area (Å²) in [6, 6.07) is 1.83. The summed E-state index contributed by atoms with van der Waals surface area (Å²) in [5, 5.41) is 12.7. The van der Waals surface area contributed by atoms with Crippen molar-refractivity contribution in [3.63, 3.8) is 0 Å². The van der Waals surface area contributed by atoms with Crippen LogP contribution in [-0.2, 0) is 14.3 Å². The lowest BCUT2D eigenvalue weighted by Crippen LogP contribution is -2.59. The maximum absolute atomic E-state index is 13.8. The molecule has 3 aliphatic rings. The zero-order valence-corrected chi connectivity index (χ0v) is 17.9. The summed E-state index contributed by atoms with van der Waals surface area (Å²) >= 11 is 0. The second-order valence-electron chi connectivity index (χ2n) is 8.31. The molecule has 0 radical (unpaired) electrons. The van der Waals surface area contributed by atoms with Gasteiger partial charge in [-0.05, 0) is 56.6 Å². The van der Waals surface area contributed by atoms with Crippen LogP contribution in [0.2, 0.25) is 0 Å². The van der Waals surface area contributed by atoms with E-state index >= 15 is 0 Å². The quantitative estimate of drug-likeness (QED) is 0.393. The summed E-state index contributed by atoms with van der Waals surface area (Å²) < 4.78 is 10.6. The molecule has 3 rings (SSSR count). The van der Waals surface area contributed by atoms with Crippen LogP contribution in [0.15, 0.2) is 36.0 Å². The number of allylic oxidation sites excluding steroid dienone is 4. The van der Waals surface area contributed by atoms with E-state index in [-0.39, 0.29) is 36.6 Å². The number of carbonyl (C=O) groups excluding carboxylic acids is 2. The van der Waals surface area contributed by atoms with Crippen LogP contribution in [0, 0.1) is 16.7 Å². The van der Waals surface area contributed by atoms with Gasteiger partial charge in [-0.25, -0.2) is 4.79 Å². The Labute approximate surface area is 178 Å². The summed E-state index contributed by atoms with van der Waals surface area (Å²) in [4.78, 5) is 27.9. The van der Waals surface area contributed by atoms with Crippen LogP contribution in [-0.4, -0.2) is 55.9 Å². The van der Waals surface area contributed by atoms with E-state index in [0.29, 0.717) is 18.4 Å². The van der Waals surface area contributed by atoms with Crippen molar-refractivity contribution in [2.24, 2.45) is 5.41 Å². The lowest BCUT2D eigenvalue weighted by molar-refractivity contribution is -0.135. The number of carbonyl (C=O) groups is 2. The summed E-state index contributed by atoms with van der Waals surface area (Å²) in [7, 11) is 3.27. The largest absolute Gasteiger partial charge is 0.383 e. The van der Waals surface area contributed by atoms with Crippen molar-refractivity contribution in [2.45, 2.75) is 56.6 Å². The average Bonchev–Trinajstić information content (AvgIpc) is 3.19. The number of urea groups is 1. The molecule has 1 N–H and O–H groups in total. The Morgan fingerprint density at radius 2 is 2.07 bits per heavy atom. The molecule has 162 valence electrons. The maximum atomic E-state index is 13.8. The smallest absolute Gasteiger partial charge is 0.325 e. The van der Waals surface area contributed by atoms with E-state index in [9.17, 15) is 14.9 Å². The number of imide groups is 1. The topological polar surface area (TPSA) is 91.7 Å². The summed E-state index contributed by atoms with van der Waals surface area (Å²) in [6.07, 6.45) is 10.9. The minimum Gasteiger partial charge on any atom is -0.383 e. The van der Waals surface area contributed by atoms with E-state index in [4.69, 9.17) is 9.47 Å². The average molecular weight is 414 g/mol. The van der Waals surface area contributed by atoms with Crippen molar-refractivity contribution in [1.82, 2.24) is 10.2 Å². The van der Waals surface area contributed by atoms with Crippen LogP contribution in [0.25, 0.3) is 0 Å². The Morgan fingerprint density at radius 1 is 1.33 bits per heavy atom. The van der Waals surface area contributed by atoms with Gasteiger partial charge in [-0.15, -0.1) is 6.58 Å². The molecule has 0 aromatic rings. The minimum atomic E-state index is -1.10. The van der Waals surface area contributed by atoms with Crippen molar-refractivity contribution in [3.05, 3.63) is 36.0 Å². The molecule has 0 bridgehead atoms. The first-order valence-electron chi connectivity index (χ1n) is 10.6. The molecule has 2 saturated carbocycles. The van der Waals surface area contributed by atoms with E-state index in [2.05, 4.69) is 18.0 Å². The van der Waals surface area contributed by atoms with Crippen molar-refractivity contribution < 1.29 is 19.1 Å². The molecule has 0 aromatic heterocycles. The standard InChI is InChI=1S/C23H31N3O4/c1-4-5-6-17(16-24)15-18-7-10-22(11-8-19(30-3)9-12-22)23(18)20(27)26(13-14-29-2)21(28)25-23/h4,6,15,19H,1,5,7-14H2,2-3H3,(H,25,28)/b17-6+,18-15+. The Kier molecular flexibility index (Phi) is 6.79. The first-order valence-corrected chi connectivity index (χ1v) is 10.6. The minimum absolute atomic E-state index is 0.180. The predicted molar refractivity (Wildman–Crippen MR) is 112 cm³/mol. The molecule has 3 amide bonds. The number of ether oxygens (including phenoxy) is 2. The van der Waals surface area contributed by atoms with Crippen molar-refractivity contribution >= 4 is 11.9 Å². The summed E-state index contributed by atoms with van der Waals surface area (Å²) in [5.74, 6) is -0.217. The second kappa shape index (κ2) is 9.15. The van der Waals surface area contributed by atoms with Crippen LogP contribution in [0.5, 0.6) is 0 Å². The van der Waals surface area contributed by atoms with Crippen LogP contribution < -0.4 is 5.32 Å². The van der Waals surface area contributed by atoms with Crippen LogP contribution in [0.1, 0.15) is 44.9 Å². The van der Waals surface area contributed by atoms with E-state index in [1.165, 1.54) is 4.90 Å². The number of nitriles is 1. The Bertz CT molecular complexity index is 802. The molecule has 3 fully saturated rings. The van der Waals surface area contributed by atoms with Gasteiger partial charge in [0, 0.05) is 25.2 Å². The van der Waals surface area contributed by atoms with Gasteiger partial charge in [-0.3, -0.25) is 9.69 Å². The highest BCUT2D eigenvalue weighted by Crippen LogP contribution is 2.59. The van der Waals surface area contributed by atoms with Gasteiger partial charge >= 0.3 is 6.03 Å². The zero-order chi connectivity index (χ0) is 21.8. The second-order valence-corrected chi connectivity index (χ2v) is 8.31. The number of hydrogen-bond donors (Lipinski definition) is 1. The number of nitrogens with one attached hydrogen (secondary N) is 1. The van der Waals surface area contributed by atoms with Gasteiger partial charge in [0.2, 0.25) is 0 Å². The molecule has 7 nitrogen and oxygen atoms in total. The third-order valence-electron chi connectivity index (χ3n) is 6.96. The molecule has 1 saturated heterocycles. The molecular weight excluding hydrogens is 382 g/mol. The van der Waals surface area contributed by atoms with Crippen molar-refractivity contribution in [2.75, 3.05) is 27.4 Å². The van der Waals surface area contributed by atoms with E-state index < -0.39 is 5.54 Å². The zero-order valence-electron chi connectivity index (χ0n) is 17.9. The number of methoxy groups -OCH3 is 2. The number of hydrogen-bond acceptors (Lipinski definition) is 5. The fraction of sp³-hybridized carbons (Fsp3) is 0.609. The number of fused-ring (bicyclic) bond motifs is 1. The Balaban J connectivity index is 2.05. The highest BCUT2D eigenvalue weighted by molar-refractivity contribution is 6.10. The molecule has 1 heterocycles. The van der Waals surface area contributed by atoms with Crippen LogP contribution >= 0.6 is 0 Å². The summed E-state index contributed by atoms with van der Waals surface area (Å²) in [6.45, 7) is 4.20. The normalized spacial score (nSPS) is 32.8. The van der Waals surface area contributed by atoms with Crippen LogP contribution in [0.3, 0.4) is 0 Å². The molecule has 1 aliphatic heterocycles. The van der Waals surface area contributed by atoms with E-state index in [1.54, 1.807) is 32.4 Å². The van der Waals surface area contributed by atoms with Crippen molar-refractivity contribution in [1.29, 1.82) is 5.26 Å². The molecule has 1 unspecified atom stereocenters. The molecule has 2 spiro atoms. The van der Waals surface area contributed by atoms with Gasteiger partial charge in [0.05, 0.1) is 25.3 Å². The lowest BCUT2D eigenvalue weighted by atomic mass is 9.61. The molecule has 1 atom stereocenters. The van der Waals surface area contributed by atoms with Crippen molar-refractivity contribution in [3.8, 4) is 6.07 Å². The van der Waals surface area contributed by atoms with Gasteiger partial charge in [-0.1, -0.05) is 12.2 Å². The first-order chi connectivity index (χ1) is 14.5. The number of amides is 3. The fourth-order valence-electron chi connectivity index (χ4n) is 5.35. The third-order valence-corrected chi connectivity index (χ3v) is 6.96. The monoisotopic (exact) mass is 413 g/mol. The fourth-order valence-corrected chi connectivity index (χ4v) is 5.35. The molecule has 0 aromatic carbocycles. The number of nitrogens with zero attached hydrogens (tertiary/aromatic N) is 2. The first kappa shape index (κ1) is 22.3. The van der Waals surface area contributed by atoms with Gasteiger partial charge in [0.1, 0.15) is 5.54 Å². The SMILES string of the molecule is C=CC/C=C(C#N)\C=C1/CCC2(CCC(OC)CC2)C12NC(=O)N(CCOC)C2=O. The predicted octanol–water partition coefficient (Wildman–Crippen LogP) is 3.25. The lowest BCUT2D eigenvalue weighted by Gasteiger charge is -2.46. The van der Waals surface area contributed by atoms with Gasteiger partial charge in [-0.2, -0.15) is 5.26 Å². The van der Waals surface area contributed by atoms with Gasteiger partial charge in [0.15, 0.2) is 0 Å². The molecule has 2 aliphatic carbocycles. The third kappa shape index (κ3) is 3.59.